The monoisotopic (exact) mass is 624 g/mol. The highest BCUT2D eigenvalue weighted by molar-refractivity contribution is 7.92. The number of alkyl halides is 3. The summed E-state index contributed by atoms with van der Waals surface area (Å²) in [7, 11) is -3.47. The first-order valence-corrected chi connectivity index (χ1v) is 15.3. The molecule has 2 aromatic heterocycles. The van der Waals surface area contributed by atoms with Gasteiger partial charge in [0, 0.05) is 30.1 Å². The summed E-state index contributed by atoms with van der Waals surface area (Å²) in [6.45, 7) is 5.85. The van der Waals surface area contributed by atoms with Crippen LogP contribution in [0.1, 0.15) is 76.2 Å². The summed E-state index contributed by atoms with van der Waals surface area (Å²) >= 11 is 5.75. The molecule has 1 aromatic carbocycles. The van der Waals surface area contributed by atoms with Gasteiger partial charge in [-0.25, -0.2) is 8.42 Å². The van der Waals surface area contributed by atoms with Crippen LogP contribution in [0, 0.1) is 0 Å². The average Bonchev–Trinajstić information content (AvgIpc) is 3.27. The van der Waals surface area contributed by atoms with Crippen molar-refractivity contribution < 1.29 is 31.2 Å². The lowest BCUT2D eigenvalue weighted by Gasteiger charge is -2.37. The Morgan fingerprint density at radius 1 is 1.17 bits per heavy atom. The predicted molar refractivity (Wildman–Crippen MR) is 149 cm³/mol. The summed E-state index contributed by atoms with van der Waals surface area (Å²) in [5.41, 5.74) is 1.13. The van der Waals surface area contributed by atoms with Crippen LogP contribution in [0.2, 0.25) is 5.02 Å². The Kier molecular flexibility index (Phi) is 7.50. The number of fused-ring (bicyclic) bond motifs is 3. The van der Waals surface area contributed by atoms with E-state index in [-0.39, 0.29) is 30.1 Å². The third kappa shape index (κ3) is 5.56. The van der Waals surface area contributed by atoms with Crippen molar-refractivity contribution in [3.8, 4) is 0 Å². The van der Waals surface area contributed by atoms with Gasteiger partial charge in [0.25, 0.3) is 11.8 Å². The molecule has 15 heteroatoms. The van der Waals surface area contributed by atoms with Gasteiger partial charge in [0.15, 0.2) is 0 Å². The highest BCUT2D eigenvalue weighted by Crippen LogP contribution is 2.37. The lowest BCUT2D eigenvalue weighted by atomic mass is 9.96. The van der Waals surface area contributed by atoms with E-state index in [4.69, 9.17) is 16.7 Å². The van der Waals surface area contributed by atoms with Gasteiger partial charge in [-0.15, -0.1) is 0 Å². The van der Waals surface area contributed by atoms with Gasteiger partial charge in [-0.3, -0.25) is 24.0 Å². The zero-order chi connectivity index (χ0) is 30.7. The minimum Gasteiger partial charge on any atom is -0.331 e. The predicted octanol–water partition coefficient (Wildman–Crippen LogP) is 4.69. The van der Waals surface area contributed by atoms with Crippen molar-refractivity contribution in [3.05, 3.63) is 75.3 Å². The molecule has 0 radical (unpaired) electrons. The molecule has 3 aromatic rings. The first-order chi connectivity index (χ1) is 19.5. The highest BCUT2D eigenvalue weighted by Gasteiger charge is 2.41. The summed E-state index contributed by atoms with van der Waals surface area (Å²) in [5, 5.41) is 4.20. The molecule has 0 saturated carbocycles. The van der Waals surface area contributed by atoms with Gasteiger partial charge < -0.3 is 9.80 Å². The fourth-order valence-corrected chi connectivity index (χ4v) is 6.20. The fourth-order valence-electron chi connectivity index (χ4n) is 5.42. The Labute approximate surface area is 245 Å². The third-order valence-electron chi connectivity index (χ3n) is 7.55. The molecule has 2 aliphatic heterocycles. The van der Waals surface area contributed by atoms with Gasteiger partial charge in [0.2, 0.25) is 10.0 Å². The van der Waals surface area contributed by atoms with Gasteiger partial charge in [-0.2, -0.15) is 18.3 Å². The molecular weight excluding hydrogens is 597 g/mol. The van der Waals surface area contributed by atoms with E-state index in [1.807, 2.05) is 13.8 Å². The van der Waals surface area contributed by atoms with Gasteiger partial charge in [-0.05, 0) is 51.1 Å². The van der Waals surface area contributed by atoms with Crippen molar-refractivity contribution in [3.63, 3.8) is 0 Å². The molecular formula is C27H28ClF3N6O4S. The van der Waals surface area contributed by atoms with Crippen molar-refractivity contribution in [1.82, 2.24) is 24.6 Å². The molecule has 1 N–H and O–H groups in total. The van der Waals surface area contributed by atoms with Gasteiger partial charge in [0.1, 0.15) is 5.69 Å². The van der Waals surface area contributed by atoms with E-state index < -0.39 is 38.7 Å². The zero-order valence-electron chi connectivity index (χ0n) is 23.1. The highest BCUT2D eigenvalue weighted by atomic mass is 35.5. The maximum absolute atomic E-state index is 13.9. The number of carbonyl (C=O) groups excluding carboxylic acids is 2. The molecule has 10 nitrogen and oxygen atoms in total. The quantitative estimate of drug-likeness (QED) is 0.440. The second-order valence-electron chi connectivity index (χ2n) is 10.7. The Bertz CT molecular complexity index is 1680. The number of nitrogens with one attached hydrogen (secondary N) is 1. The molecule has 2 aliphatic rings. The van der Waals surface area contributed by atoms with Crippen LogP contribution >= 0.6 is 11.6 Å². The van der Waals surface area contributed by atoms with Gasteiger partial charge >= 0.3 is 6.18 Å². The van der Waals surface area contributed by atoms with Crippen LogP contribution in [0.25, 0.3) is 0 Å². The van der Waals surface area contributed by atoms with Crippen LogP contribution in [0.15, 0.2) is 36.5 Å². The number of pyridine rings is 1. The minimum absolute atomic E-state index is 0.000562. The molecule has 0 fully saturated rings. The summed E-state index contributed by atoms with van der Waals surface area (Å²) in [6, 6.07) is 5.22. The molecule has 224 valence electrons. The second kappa shape index (κ2) is 10.6. The van der Waals surface area contributed by atoms with E-state index >= 15 is 0 Å². The first-order valence-electron chi connectivity index (χ1n) is 13.1. The van der Waals surface area contributed by atoms with Gasteiger partial charge in [-0.1, -0.05) is 11.6 Å². The first kappa shape index (κ1) is 29.8. The van der Waals surface area contributed by atoms with Crippen molar-refractivity contribution >= 4 is 39.1 Å². The summed E-state index contributed by atoms with van der Waals surface area (Å²) < 4.78 is 67.4. The lowest BCUT2D eigenvalue weighted by Crippen LogP contribution is -2.45. The van der Waals surface area contributed by atoms with E-state index in [2.05, 4.69) is 9.71 Å². The maximum Gasteiger partial charge on any atom is 0.417 e. The van der Waals surface area contributed by atoms with Crippen LogP contribution in [0.5, 0.6) is 0 Å². The fraction of sp³-hybridized carbons (Fsp3) is 0.407. The number of carbonyl (C=O) groups is 2. The molecule has 0 bridgehead atoms. The summed E-state index contributed by atoms with van der Waals surface area (Å²) in [5.74, 6) is -0.925. The lowest BCUT2D eigenvalue weighted by molar-refractivity contribution is -0.137. The van der Waals surface area contributed by atoms with E-state index in [9.17, 15) is 31.2 Å². The summed E-state index contributed by atoms with van der Waals surface area (Å²) in [4.78, 5) is 34.8. The number of aromatic nitrogens is 3. The number of halogens is 4. The number of amides is 2. The molecule has 5 rings (SSSR count). The molecule has 0 aliphatic carbocycles. The third-order valence-corrected chi connectivity index (χ3v) is 8.48. The Morgan fingerprint density at radius 2 is 1.88 bits per heavy atom. The van der Waals surface area contributed by atoms with E-state index in [1.165, 1.54) is 17.2 Å². The number of benzene rings is 1. The molecule has 0 spiro atoms. The van der Waals surface area contributed by atoms with Crippen LogP contribution in [0.3, 0.4) is 0 Å². The number of rotatable bonds is 5. The smallest absolute Gasteiger partial charge is 0.331 e. The van der Waals surface area contributed by atoms with Crippen molar-refractivity contribution in [2.75, 3.05) is 17.5 Å². The Morgan fingerprint density at radius 3 is 2.50 bits per heavy atom. The van der Waals surface area contributed by atoms with Crippen molar-refractivity contribution in [2.24, 2.45) is 0 Å². The molecule has 4 heterocycles. The molecule has 0 unspecified atom stereocenters. The van der Waals surface area contributed by atoms with Crippen LogP contribution in [-0.2, 0) is 29.2 Å². The number of anilines is 1. The number of hydrogen-bond donors (Lipinski definition) is 1. The largest absolute Gasteiger partial charge is 0.417 e. The second-order valence-corrected chi connectivity index (χ2v) is 12.9. The van der Waals surface area contributed by atoms with Crippen LogP contribution in [0.4, 0.5) is 18.9 Å². The topological polar surface area (TPSA) is 117 Å². The minimum atomic E-state index is -4.72. The molecule has 0 saturated heterocycles. The maximum atomic E-state index is 13.9. The Hall–Kier alpha value is -3.65. The average molecular weight is 625 g/mol. The molecule has 3 atom stereocenters. The SMILES string of the molecule is C[C@@H]1Cc2nn3c(c2CN1C(=O)c1ccc(Cl)c(C(F)(F)F)c1)C(=O)N([C@@H](C)c1ccc(NS(C)(=O)=O)cn1)C[C@H]3C. The standard InChI is InChI=1S/C27H28ClF3N6O4S/c1-14-9-23-19(13-35(14)25(38)17-5-7-21(28)20(10-17)27(29,30)31)24-26(39)36(12-15(2)37(24)33-23)16(3)22-8-6-18(11-32-22)34-42(4,40)41/h5-8,10-11,14-16,34H,9,12-13H2,1-4H3/t14-,15-,16+/m1/s1. The van der Waals surface area contributed by atoms with E-state index in [1.54, 1.807) is 28.6 Å². The number of hydrogen-bond acceptors (Lipinski definition) is 6. The van der Waals surface area contributed by atoms with Crippen molar-refractivity contribution in [1.29, 1.82) is 0 Å². The number of sulfonamides is 1. The van der Waals surface area contributed by atoms with Crippen LogP contribution in [-0.4, -0.2) is 63.6 Å². The van der Waals surface area contributed by atoms with E-state index in [0.29, 0.717) is 41.3 Å². The Balaban J connectivity index is 1.43. The van der Waals surface area contributed by atoms with Crippen LogP contribution < -0.4 is 4.72 Å². The summed E-state index contributed by atoms with van der Waals surface area (Å²) in [6.07, 6.45) is -1.98. The zero-order valence-corrected chi connectivity index (χ0v) is 24.7. The van der Waals surface area contributed by atoms with E-state index in [0.717, 1.165) is 18.4 Å². The molecule has 42 heavy (non-hydrogen) atoms. The van der Waals surface area contributed by atoms with Gasteiger partial charge in [0.05, 0.1) is 58.7 Å². The number of nitrogens with zero attached hydrogens (tertiary/aromatic N) is 5. The molecule has 2 amide bonds. The normalized spacial score (nSPS) is 19.8. The van der Waals surface area contributed by atoms with Crippen molar-refractivity contribution in [2.45, 2.75) is 58.0 Å².